The molecule has 0 atom stereocenters. The highest BCUT2D eigenvalue weighted by Crippen LogP contribution is 2.21. The second-order valence-electron chi connectivity index (χ2n) is 14.2. The Balaban J connectivity index is 0.000000274. The molecule has 0 aliphatic heterocycles. The van der Waals surface area contributed by atoms with Crippen molar-refractivity contribution < 1.29 is 4.79 Å². The fraction of sp³-hybridized carbons (Fsp3) is 0.380. The topological polar surface area (TPSA) is 38.8 Å². The van der Waals surface area contributed by atoms with Gasteiger partial charge in [-0.2, -0.15) is 0 Å². The average Bonchev–Trinajstić information content (AvgIpc) is 3.25. The van der Waals surface area contributed by atoms with E-state index in [9.17, 15) is 4.79 Å². The van der Waals surface area contributed by atoms with Crippen LogP contribution in [0.25, 0.3) is 22.3 Å². The predicted molar refractivity (Wildman–Crippen MR) is 235 cm³/mol. The van der Waals surface area contributed by atoms with E-state index < -0.39 is 0 Å². The predicted octanol–water partition coefficient (Wildman–Crippen LogP) is 10.9. The first-order valence-corrected chi connectivity index (χ1v) is 20.8. The van der Waals surface area contributed by atoms with E-state index in [2.05, 4.69) is 165 Å². The lowest BCUT2D eigenvalue weighted by Crippen LogP contribution is -2.38. The van der Waals surface area contributed by atoms with Crippen molar-refractivity contribution in [1.82, 2.24) is 20.0 Å². The molecule has 0 unspecified atom stereocenters. The highest BCUT2D eigenvalue weighted by Gasteiger charge is 2.17. The number of nitrogens with zero attached hydrogens (tertiary/aromatic N) is 3. The summed E-state index contributed by atoms with van der Waals surface area (Å²) in [6, 6.07) is 46.6. The van der Waals surface area contributed by atoms with Gasteiger partial charge in [-0.25, -0.2) is 0 Å². The zero-order valence-electron chi connectivity index (χ0n) is 34.4. The minimum Gasteiger partial charge on any atom is -0.333 e. The van der Waals surface area contributed by atoms with E-state index in [0.29, 0.717) is 6.54 Å². The molecule has 0 aromatic heterocycles. The van der Waals surface area contributed by atoms with Crippen LogP contribution in [0.4, 0.5) is 0 Å². The number of carbonyl (C=O) groups is 1. The van der Waals surface area contributed by atoms with Crippen molar-refractivity contribution in [3.05, 3.63) is 156 Å². The van der Waals surface area contributed by atoms with Crippen LogP contribution in [0, 0.1) is 0 Å². The molecule has 0 heterocycles. The minimum absolute atomic E-state index is 0.111. The Labute approximate surface area is 333 Å². The number of amides is 1. The van der Waals surface area contributed by atoms with Gasteiger partial charge in [0.25, 0.3) is 5.91 Å². The number of hydrogen-bond acceptors (Lipinski definition) is 4. The van der Waals surface area contributed by atoms with Crippen molar-refractivity contribution in [2.45, 2.75) is 73.4 Å². The van der Waals surface area contributed by atoms with Crippen molar-refractivity contribution in [1.29, 1.82) is 0 Å². The summed E-state index contributed by atoms with van der Waals surface area (Å²) in [4.78, 5) is 20.3. The van der Waals surface area contributed by atoms with Crippen LogP contribution >= 0.6 is 0 Å². The van der Waals surface area contributed by atoms with Gasteiger partial charge >= 0.3 is 0 Å². The molecule has 0 aliphatic rings. The van der Waals surface area contributed by atoms with Crippen molar-refractivity contribution >= 4 is 5.91 Å². The Hall–Kier alpha value is -4.55. The van der Waals surface area contributed by atoms with E-state index in [0.717, 1.165) is 76.5 Å². The maximum Gasteiger partial charge on any atom is 0.254 e. The van der Waals surface area contributed by atoms with Gasteiger partial charge in [-0.15, -0.1) is 0 Å². The SMILES string of the molecule is CCCCCc1ccc(C(=O)N(CCN(CC)CC)Cc2ccc(-c3ccccc3)cc2)cc1.CCN(CC)CCNCc1ccc(-c2ccccc2)cc1. The van der Waals surface area contributed by atoms with Crippen molar-refractivity contribution in [3.63, 3.8) is 0 Å². The Morgan fingerprint density at radius 3 is 1.47 bits per heavy atom. The number of unbranched alkanes of at least 4 members (excludes halogenated alkanes) is 2. The molecule has 0 bridgehead atoms. The normalized spacial score (nSPS) is 11.0. The first-order chi connectivity index (χ1) is 27.0. The lowest BCUT2D eigenvalue weighted by molar-refractivity contribution is 0.0724. The van der Waals surface area contributed by atoms with Gasteiger partial charge in [0, 0.05) is 44.8 Å². The second-order valence-corrected chi connectivity index (χ2v) is 14.2. The minimum atomic E-state index is 0.111. The molecule has 0 saturated carbocycles. The van der Waals surface area contributed by atoms with Crippen LogP contribution in [0.5, 0.6) is 0 Å². The van der Waals surface area contributed by atoms with Crippen LogP contribution in [0.2, 0.25) is 0 Å². The third kappa shape index (κ3) is 14.9. The lowest BCUT2D eigenvalue weighted by atomic mass is 10.0. The largest absolute Gasteiger partial charge is 0.333 e. The van der Waals surface area contributed by atoms with Gasteiger partial charge < -0.3 is 20.0 Å². The van der Waals surface area contributed by atoms with Crippen LogP contribution < -0.4 is 5.32 Å². The summed E-state index contributed by atoms with van der Waals surface area (Å²) < 4.78 is 0. The van der Waals surface area contributed by atoms with E-state index in [4.69, 9.17) is 0 Å². The summed E-state index contributed by atoms with van der Waals surface area (Å²) in [5.41, 5.74) is 9.56. The molecule has 0 saturated heterocycles. The van der Waals surface area contributed by atoms with Gasteiger partial charge in [-0.3, -0.25) is 4.79 Å². The Morgan fingerprint density at radius 1 is 0.491 bits per heavy atom. The number of carbonyl (C=O) groups excluding carboxylic acids is 1. The molecule has 0 spiro atoms. The summed E-state index contributed by atoms with van der Waals surface area (Å²) in [6.07, 6.45) is 4.77. The molecule has 0 aliphatic carbocycles. The molecule has 1 amide bonds. The van der Waals surface area contributed by atoms with E-state index in [-0.39, 0.29) is 5.91 Å². The quantitative estimate of drug-likeness (QED) is 0.0761. The van der Waals surface area contributed by atoms with Crippen molar-refractivity contribution in [2.75, 3.05) is 52.4 Å². The third-order valence-corrected chi connectivity index (χ3v) is 10.5. The molecule has 5 aromatic carbocycles. The molecular weight excluding hydrogens is 673 g/mol. The van der Waals surface area contributed by atoms with Gasteiger partial charge in [0.05, 0.1) is 0 Å². The van der Waals surface area contributed by atoms with Gasteiger partial charge in [0.15, 0.2) is 0 Å². The third-order valence-electron chi connectivity index (χ3n) is 10.5. The summed E-state index contributed by atoms with van der Waals surface area (Å²) in [5.74, 6) is 0.111. The first kappa shape index (κ1) is 43.2. The Morgan fingerprint density at radius 2 is 0.964 bits per heavy atom. The molecule has 55 heavy (non-hydrogen) atoms. The lowest BCUT2D eigenvalue weighted by Gasteiger charge is -2.27. The molecule has 5 rings (SSSR count). The maximum atomic E-state index is 13.5. The van der Waals surface area contributed by atoms with E-state index >= 15 is 0 Å². The molecule has 0 radical (unpaired) electrons. The molecule has 5 heteroatoms. The van der Waals surface area contributed by atoms with Crippen molar-refractivity contribution in [2.24, 2.45) is 0 Å². The van der Waals surface area contributed by atoms with Crippen LogP contribution in [0.1, 0.15) is 80.9 Å². The van der Waals surface area contributed by atoms with E-state index in [1.807, 2.05) is 23.1 Å². The summed E-state index contributed by atoms with van der Waals surface area (Å²) >= 11 is 0. The Bertz CT molecular complexity index is 1730. The van der Waals surface area contributed by atoms with Crippen LogP contribution in [0.3, 0.4) is 0 Å². The number of likely N-dealkylation sites (N-methyl/N-ethyl adjacent to an activating group) is 2. The van der Waals surface area contributed by atoms with E-state index in [1.165, 1.54) is 52.6 Å². The van der Waals surface area contributed by atoms with Crippen LogP contribution in [-0.4, -0.2) is 73.0 Å². The van der Waals surface area contributed by atoms with Crippen LogP contribution in [-0.2, 0) is 19.5 Å². The molecule has 5 nitrogen and oxygen atoms in total. The smallest absolute Gasteiger partial charge is 0.254 e. The number of aryl methyl sites for hydroxylation is 1. The maximum absolute atomic E-state index is 13.5. The summed E-state index contributed by atoms with van der Waals surface area (Å²) in [5, 5.41) is 3.52. The first-order valence-electron chi connectivity index (χ1n) is 20.8. The molecule has 0 fully saturated rings. The molecule has 1 N–H and O–H groups in total. The molecule has 292 valence electrons. The second kappa shape index (κ2) is 24.8. The molecule has 5 aromatic rings. The standard InChI is InChI=1S/C31H40N2O.C19H26N2/c1-4-7-9-12-26-15-21-30(22-16-26)31(34)33(24-23-32(5-2)6-3)25-27-17-19-29(20-18-27)28-13-10-8-11-14-28;1-3-21(4-2)15-14-20-16-17-10-12-19(13-11-17)18-8-6-5-7-9-18/h8,10-11,13-22H,4-7,9,12,23-25H2,1-3H3;5-13,20H,3-4,14-16H2,1-2H3. The summed E-state index contributed by atoms with van der Waals surface area (Å²) in [7, 11) is 0. The fourth-order valence-electron chi connectivity index (χ4n) is 6.74. The van der Waals surface area contributed by atoms with Crippen LogP contribution in [0.15, 0.2) is 133 Å². The fourth-order valence-corrected chi connectivity index (χ4v) is 6.74. The van der Waals surface area contributed by atoms with Gasteiger partial charge in [-0.05, 0) is 90.1 Å². The average molecular weight is 739 g/mol. The number of rotatable bonds is 21. The highest BCUT2D eigenvalue weighted by molar-refractivity contribution is 5.94. The van der Waals surface area contributed by atoms with Crippen molar-refractivity contribution in [3.8, 4) is 22.3 Å². The number of benzene rings is 5. The zero-order valence-corrected chi connectivity index (χ0v) is 34.4. The molecular formula is C50H66N4O. The number of hydrogen-bond donors (Lipinski definition) is 1. The highest BCUT2D eigenvalue weighted by atomic mass is 16.2. The monoisotopic (exact) mass is 739 g/mol. The number of nitrogens with one attached hydrogen (secondary N) is 1. The van der Waals surface area contributed by atoms with E-state index in [1.54, 1.807) is 0 Å². The summed E-state index contributed by atoms with van der Waals surface area (Å²) in [6.45, 7) is 20.6. The Kier molecular flexibility index (Phi) is 19.5. The van der Waals surface area contributed by atoms with Gasteiger partial charge in [0.1, 0.15) is 0 Å². The zero-order chi connectivity index (χ0) is 39.1. The van der Waals surface area contributed by atoms with Gasteiger partial charge in [0.2, 0.25) is 0 Å². The van der Waals surface area contributed by atoms with Gasteiger partial charge in [-0.1, -0.05) is 169 Å².